The highest BCUT2D eigenvalue weighted by molar-refractivity contribution is 6.26. The summed E-state index contributed by atoms with van der Waals surface area (Å²) in [5.74, 6) is -0.205. The second-order valence-electron chi connectivity index (χ2n) is 7.29. The number of esters is 1. The zero-order valence-electron chi connectivity index (χ0n) is 17.6. The molecule has 2 heterocycles. The van der Waals surface area contributed by atoms with E-state index in [1.165, 1.54) is 45.0 Å². The summed E-state index contributed by atoms with van der Waals surface area (Å²) >= 11 is 0. The van der Waals surface area contributed by atoms with Crippen LogP contribution >= 0.6 is 0 Å². The van der Waals surface area contributed by atoms with Crippen molar-refractivity contribution in [3.05, 3.63) is 59.6 Å². The number of nitrogens with zero attached hydrogens (tertiary/aromatic N) is 3. The van der Waals surface area contributed by atoms with Crippen LogP contribution in [0.3, 0.4) is 0 Å². The number of anilines is 1. The summed E-state index contributed by atoms with van der Waals surface area (Å²) in [6, 6.07) is 9.72. The maximum absolute atomic E-state index is 12.6. The predicted octanol–water partition coefficient (Wildman–Crippen LogP) is 2.65. The molecule has 0 saturated carbocycles. The van der Waals surface area contributed by atoms with Gasteiger partial charge in [0.15, 0.2) is 0 Å². The van der Waals surface area contributed by atoms with Crippen molar-refractivity contribution in [1.29, 1.82) is 0 Å². The number of nitrogens with one attached hydrogen (secondary N) is 1. The molecule has 0 amide bonds. The van der Waals surface area contributed by atoms with E-state index in [1.807, 2.05) is 12.1 Å². The van der Waals surface area contributed by atoms with Crippen molar-refractivity contribution < 1.29 is 19.1 Å². The second-order valence-corrected chi connectivity index (χ2v) is 7.29. The number of rotatable bonds is 6. The van der Waals surface area contributed by atoms with Crippen LogP contribution < -0.4 is 15.0 Å². The van der Waals surface area contributed by atoms with E-state index in [-0.39, 0.29) is 18.0 Å². The lowest BCUT2D eigenvalue weighted by atomic mass is 9.95. The number of aromatic nitrogens is 1. The minimum Gasteiger partial charge on any atom is -0.495 e. The monoisotopic (exact) mass is 420 g/mol. The molecule has 1 aromatic carbocycles. The summed E-state index contributed by atoms with van der Waals surface area (Å²) < 4.78 is 9.99. The fraction of sp³-hybridized carbons (Fsp3) is 0.304. The fourth-order valence-electron chi connectivity index (χ4n) is 3.68. The number of hydrogen-bond acceptors (Lipinski definition) is 8. The molecule has 1 aliphatic heterocycles. The molecule has 1 N–H and O–H groups in total. The Morgan fingerprint density at radius 2 is 1.94 bits per heavy atom. The molecule has 8 nitrogen and oxygen atoms in total. The molecule has 8 heteroatoms. The molecule has 160 valence electrons. The number of methoxy groups -OCH3 is 2. The summed E-state index contributed by atoms with van der Waals surface area (Å²) in [5.41, 5.74) is 3.68. The highest BCUT2D eigenvalue weighted by atomic mass is 16.5. The van der Waals surface area contributed by atoms with Gasteiger partial charge in [0.05, 0.1) is 37.5 Å². The molecule has 1 saturated heterocycles. The smallest absolute Gasteiger partial charge is 0.325 e. The number of carbonyl (C=O) groups is 2. The third-order valence-electron chi connectivity index (χ3n) is 5.33. The van der Waals surface area contributed by atoms with Crippen LogP contribution in [0.25, 0.3) is 0 Å². The third-order valence-corrected chi connectivity index (χ3v) is 5.33. The standard InChI is InChI=1S/C23H24N4O4/c1-30-17-11-18-22(26-15-5-7-16(8-6-15)27-9-3-4-10-27)19(24-14-21(29)31-2)12-20(28)23(18)25-13-17/h5-8,11-13,24H,3-4,9-10,14H2,1-2H3/b26-22-. The minimum absolute atomic E-state index is 0.0880. The van der Waals surface area contributed by atoms with Gasteiger partial charge in [-0.3, -0.25) is 9.59 Å². The lowest BCUT2D eigenvalue weighted by Crippen LogP contribution is -2.32. The van der Waals surface area contributed by atoms with Crippen LogP contribution in [0.4, 0.5) is 11.4 Å². The SMILES string of the molecule is COC(=O)CNC1=CC(=O)c2ncc(OC)cc2/C1=N/c1ccc(N2CCCC2)cc1. The molecular formula is C23H24N4O4. The van der Waals surface area contributed by atoms with Crippen molar-refractivity contribution in [2.75, 3.05) is 38.8 Å². The van der Waals surface area contributed by atoms with E-state index in [9.17, 15) is 9.59 Å². The Morgan fingerprint density at radius 3 is 2.61 bits per heavy atom. The van der Waals surface area contributed by atoms with E-state index in [0.29, 0.717) is 22.7 Å². The Hall–Kier alpha value is -3.68. The first kappa shape index (κ1) is 20.6. The molecule has 4 rings (SSSR count). The zero-order valence-corrected chi connectivity index (χ0v) is 17.6. The molecule has 31 heavy (non-hydrogen) atoms. The van der Waals surface area contributed by atoms with E-state index in [1.54, 1.807) is 6.07 Å². The number of fused-ring (bicyclic) bond motifs is 1. The van der Waals surface area contributed by atoms with Gasteiger partial charge in [0.25, 0.3) is 0 Å². The summed E-state index contributed by atoms with van der Waals surface area (Å²) in [6.07, 6.45) is 5.33. The van der Waals surface area contributed by atoms with E-state index in [4.69, 9.17) is 14.5 Å². The van der Waals surface area contributed by atoms with Gasteiger partial charge in [-0.05, 0) is 43.2 Å². The van der Waals surface area contributed by atoms with Gasteiger partial charge in [0.1, 0.15) is 18.0 Å². The largest absolute Gasteiger partial charge is 0.495 e. The maximum atomic E-state index is 12.6. The van der Waals surface area contributed by atoms with Crippen LogP contribution in [0, 0.1) is 0 Å². The molecule has 0 unspecified atom stereocenters. The average molecular weight is 420 g/mol. The van der Waals surface area contributed by atoms with E-state index < -0.39 is 5.97 Å². The number of ketones is 1. The molecule has 1 fully saturated rings. The van der Waals surface area contributed by atoms with Crippen molar-refractivity contribution in [2.24, 2.45) is 4.99 Å². The van der Waals surface area contributed by atoms with Gasteiger partial charge in [0.2, 0.25) is 5.78 Å². The van der Waals surface area contributed by atoms with Crippen molar-refractivity contribution >= 4 is 28.8 Å². The van der Waals surface area contributed by atoms with Crippen LogP contribution in [0.1, 0.15) is 28.9 Å². The number of aliphatic imine (C=N–C) groups is 1. The third kappa shape index (κ3) is 4.42. The first-order valence-electron chi connectivity index (χ1n) is 10.1. The van der Waals surface area contributed by atoms with Gasteiger partial charge >= 0.3 is 5.97 Å². The number of allylic oxidation sites excluding steroid dienone is 2. The lowest BCUT2D eigenvalue weighted by Gasteiger charge is -2.20. The maximum Gasteiger partial charge on any atom is 0.325 e. The molecule has 0 bridgehead atoms. The summed E-state index contributed by atoms with van der Waals surface area (Å²) in [6.45, 7) is 2.05. The van der Waals surface area contributed by atoms with E-state index in [2.05, 4.69) is 27.3 Å². The van der Waals surface area contributed by atoms with Gasteiger partial charge < -0.3 is 19.7 Å². The Balaban J connectivity index is 1.72. The average Bonchev–Trinajstić information content (AvgIpc) is 3.34. The molecule has 2 aliphatic rings. The van der Waals surface area contributed by atoms with Gasteiger partial charge in [-0.1, -0.05) is 0 Å². The second kappa shape index (κ2) is 8.99. The molecule has 0 spiro atoms. The van der Waals surface area contributed by atoms with Crippen molar-refractivity contribution in [1.82, 2.24) is 10.3 Å². The molecule has 0 atom stereocenters. The van der Waals surface area contributed by atoms with Crippen molar-refractivity contribution in [3.63, 3.8) is 0 Å². The quantitative estimate of drug-likeness (QED) is 0.718. The van der Waals surface area contributed by atoms with Gasteiger partial charge in [-0.2, -0.15) is 0 Å². The topological polar surface area (TPSA) is 93.1 Å². The Morgan fingerprint density at radius 1 is 1.19 bits per heavy atom. The number of hydrogen-bond donors (Lipinski definition) is 1. The van der Waals surface area contributed by atoms with Gasteiger partial charge in [0, 0.05) is 30.4 Å². The Kier molecular flexibility index (Phi) is 5.97. The first-order valence-corrected chi connectivity index (χ1v) is 10.1. The number of carbonyl (C=O) groups excluding carboxylic acids is 2. The number of pyridine rings is 1. The normalized spacial score (nSPS) is 16.7. The van der Waals surface area contributed by atoms with Crippen molar-refractivity contribution in [3.8, 4) is 5.75 Å². The van der Waals surface area contributed by atoms with Gasteiger partial charge in [-0.15, -0.1) is 0 Å². The van der Waals surface area contributed by atoms with E-state index >= 15 is 0 Å². The molecule has 1 aromatic heterocycles. The van der Waals surface area contributed by atoms with Crippen LogP contribution in [0.15, 0.2) is 53.3 Å². The highest BCUT2D eigenvalue weighted by Crippen LogP contribution is 2.28. The molecular weight excluding hydrogens is 396 g/mol. The molecule has 1 aliphatic carbocycles. The van der Waals surface area contributed by atoms with E-state index in [0.717, 1.165) is 18.8 Å². The highest BCUT2D eigenvalue weighted by Gasteiger charge is 2.26. The summed E-state index contributed by atoms with van der Waals surface area (Å²) in [4.78, 5) is 35.6. The fourth-order valence-corrected chi connectivity index (χ4v) is 3.68. The number of benzene rings is 1. The zero-order chi connectivity index (χ0) is 21.8. The van der Waals surface area contributed by atoms with Crippen LogP contribution in [0.2, 0.25) is 0 Å². The molecule has 2 aromatic rings. The summed E-state index contributed by atoms with van der Waals surface area (Å²) in [5, 5.41) is 2.97. The minimum atomic E-state index is -0.447. The predicted molar refractivity (Wildman–Crippen MR) is 117 cm³/mol. The Labute approximate surface area is 180 Å². The summed E-state index contributed by atoms with van der Waals surface area (Å²) in [7, 11) is 2.85. The Bertz CT molecular complexity index is 1050. The molecule has 0 radical (unpaired) electrons. The van der Waals surface area contributed by atoms with Crippen LogP contribution in [-0.4, -0.2) is 56.3 Å². The number of ether oxygens (including phenoxy) is 2. The lowest BCUT2D eigenvalue weighted by molar-refractivity contribution is -0.139. The van der Waals surface area contributed by atoms with Crippen LogP contribution in [0.5, 0.6) is 5.75 Å². The van der Waals surface area contributed by atoms with Crippen LogP contribution in [-0.2, 0) is 9.53 Å². The van der Waals surface area contributed by atoms with Gasteiger partial charge in [-0.25, -0.2) is 9.98 Å². The van der Waals surface area contributed by atoms with Crippen molar-refractivity contribution in [2.45, 2.75) is 12.8 Å². The first-order chi connectivity index (χ1) is 15.1.